The van der Waals surface area contributed by atoms with Crippen LogP contribution in [0.5, 0.6) is 0 Å². The third-order valence-corrected chi connectivity index (χ3v) is 5.08. The Hall–Kier alpha value is -1.31. The first-order valence-corrected chi connectivity index (χ1v) is 8.62. The van der Waals surface area contributed by atoms with Gasteiger partial charge in [0.05, 0.1) is 5.69 Å². The molecule has 1 heterocycles. The molecule has 1 aromatic carbocycles. The molecule has 0 spiro atoms. The third kappa shape index (κ3) is 3.48. The molecule has 5 nitrogen and oxygen atoms in total. The number of pyridine rings is 1. The van der Waals surface area contributed by atoms with Crippen LogP contribution in [-0.4, -0.2) is 20.4 Å². The van der Waals surface area contributed by atoms with E-state index in [1.807, 2.05) is 0 Å². The van der Waals surface area contributed by atoms with E-state index in [-0.39, 0.29) is 10.7 Å². The highest BCUT2D eigenvalue weighted by molar-refractivity contribution is 9.10. The number of nitrogens with zero attached hydrogens (tertiary/aromatic N) is 1. The molecule has 0 saturated carbocycles. The molecule has 2 aromatic rings. The molecule has 0 atom stereocenters. The molecule has 1 aromatic heterocycles. The molecule has 112 valence electrons. The summed E-state index contributed by atoms with van der Waals surface area (Å²) in [6, 6.07) is 6.53. The molecular weight excluding hydrogens is 378 g/mol. The monoisotopic (exact) mass is 389 g/mol. The first kappa shape index (κ1) is 16.1. The summed E-state index contributed by atoms with van der Waals surface area (Å²) in [7, 11) is -2.17. The lowest BCUT2D eigenvalue weighted by Gasteiger charge is -2.13. The third-order valence-electron chi connectivity index (χ3n) is 2.86. The minimum absolute atomic E-state index is 0.0544. The molecule has 0 radical (unpaired) electrons. The Morgan fingerprint density at radius 3 is 2.71 bits per heavy atom. The van der Waals surface area contributed by atoms with Crippen LogP contribution >= 0.6 is 27.5 Å². The second kappa shape index (κ2) is 6.21. The van der Waals surface area contributed by atoms with Crippen LogP contribution in [0.2, 0.25) is 5.02 Å². The quantitative estimate of drug-likeness (QED) is 0.836. The second-order valence-corrected chi connectivity index (χ2v) is 7.24. The molecule has 0 saturated heterocycles. The Morgan fingerprint density at radius 2 is 2.05 bits per heavy atom. The van der Waals surface area contributed by atoms with E-state index in [1.165, 1.54) is 12.3 Å². The number of hydrogen-bond donors (Lipinski definition) is 2. The second-order valence-electron chi connectivity index (χ2n) is 4.27. The summed E-state index contributed by atoms with van der Waals surface area (Å²) >= 11 is 9.23. The van der Waals surface area contributed by atoms with Crippen molar-refractivity contribution in [1.29, 1.82) is 0 Å². The first-order valence-electron chi connectivity index (χ1n) is 5.96. The van der Waals surface area contributed by atoms with Gasteiger partial charge in [0.25, 0.3) is 10.0 Å². The topological polar surface area (TPSA) is 71.1 Å². The summed E-state index contributed by atoms with van der Waals surface area (Å²) in [5.74, 6) is 0.269. The van der Waals surface area contributed by atoms with Gasteiger partial charge in [0, 0.05) is 22.7 Å². The Labute approximate surface area is 136 Å². The van der Waals surface area contributed by atoms with Gasteiger partial charge in [-0.15, -0.1) is 0 Å². The van der Waals surface area contributed by atoms with Crippen molar-refractivity contribution in [2.75, 3.05) is 17.1 Å². The van der Waals surface area contributed by atoms with Crippen molar-refractivity contribution in [3.8, 4) is 0 Å². The minimum atomic E-state index is -3.78. The number of rotatable bonds is 4. The summed E-state index contributed by atoms with van der Waals surface area (Å²) in [4.78, 5) is 4.10. The van der Waals surface area contributed by atoms with E-state index < -0.39 is 10.0 Å². The molecule has 0 amide bonds. The molecule has 0 unspecified atom stereocenters. The molecule has 0 bridgehead atoms. The van der Waals surface area contributed by atoms with Gasteiger partial charge in [-0.05, 0) is 46.6 Å². The minimum Gasteiger partial charge on any atom is -0.372 e. The lowest BCUT2D eigenvalue weighted by molar-refractivity contribution is 0.601. The number of nitrogens with one attached hydrogen (secondary N) is 2. The van der Waals surface area contributed by atoms with Gasteiger partial charge in [-0.1, -0.05) is 17.7 Å². The average Bonchev–Trinajstić information content (AvgIpc) is 2.44. The Bertz CT molecular complexity index is 781. The van der Waals surface area contributed by atoms with E-state index in [0.717, 1.165) is 0 Å². The smallest absolute Gasteiger partial charge is 0.265 e. The lowest BCUT2D eigenvalue weighted by Crippen LogP contribution is -2.16. The SMILES string of the molecule is CNc1ncc(Br)cc1S(=O)(=O)Nc1cccc(Cl)c1C. The maximum Gasteiger partial charge on any atom is 0.265 e. The lowest BCUT2D eigenvalue weighted by atomic mass is 10.2. The highest BCUT2D eigenvalue weighted by Crippen LogP contribution is 2.28. The van der Waals surface area contributed by atoms with Crippen molar-refractivity contribution in [3.63, 3.8) is 0 Å². The van der Waals surface area contributed by atoms with Crippen molar-refractivity contribution in [2.24, 2.45) is 0 Å². The fraction of sp³-hybridized carbons (Fsp3) is 0.154. The van der Waals surface area contributed by atoms with Gasteiger partial charge in [0.15, 0.2) is 0 Å². The number of halogens is 2. The van der Waals surface area contributed by atoms with Gasteiger partial charge < -0.3 is 5.32 Å². The zero-order valence-corrected chi connectivity index (χ0v) is 14.5. The Morgan fingerprint density at radius 1 is 1.33 bits per heavy atom. The van der Waals surface area contributed by atoms with Crippen LogP contribution in [0.3, 0.4) is 0 Å². The summed E-state index contributed by atoms with van der Waals surface area (Å²) in [6.07, 6.45) is 1.52. The van der Waals surface area contributed by atoms with Gasteiger partial charge in [0.1, 0.15) is 10.7 Å². The number of aromatic nitrogens is 1. The number of hydrogen-bond acceptors (Lipinski definition) is 4. The highest BCUT2D eigenvalue weighted by atomic mass is 79.9. The highest BCUT2D eigenvalue weighted by Gasteiger charge is 2.21. The van der Waals surface area contributed by atoms with Crippen molar-refractivity contribution in [3.05, 3.63) is 45.5 Å². The van der Waals surface area contributed by atoms with E-state index >= 15 is 0 Å². The number of benzene rings is 1. The molecule has 2 rings (SSSR count). The Balaban J connectivity index is 2.48. The van der Waals surface area contributed by atoms with Crippen molar-refractivity contribution in [1.82, 2.24) is 4.98 Å². The largest absolute Gasteiger partial charge is 0.372 e. The van der Waals surface area contributed by atoms with Gasteiger partial charge in [-0.2, -0.15) is 0 Å². The summed E-state index contributed by atoms with van der Waals surface area (Å²) < 4.78 is 28.2. The predicted octanol–water partition coefficient (Wildman–Crippen LogP) is 3.65. The zero-order valence-electron chi connectivity index (χ0n) is 11.3. The fourth-order valence-corrected chi connectivity index (χ4v) is 3.70. The van der Waals surface area contributed by atoms with E-state index in [0.29, 0.717) is 20.7 Å². The van der Waals surface area contributed by atoms with Gasteiger partial charge >= 0.3 is 0 Å². The maximum absolute atomic E-state index is 12.5. The van der Waals surface area contributed by atoms with E-state index in [9.17, 15) is 8.42 Å². The molecule has 0 aliphatic rings. The van der Waals surface area contributed by atoms with Crippen LogP contribution in [0.15, 0.2) is 39.8 Å². The van der Waals surface area contributed by atoms with Gasteiger partial charge in [-0.3, -0.25) is 4.72 Å². The van der Waals surface area contributed by atoms with Crippen LogP contribution < -0.4 is 10.0 Å². The van der Waals surface area contributed by atoms with E-state index in [1.54, 1.807) is 32.2 Å². The zero-order chi connectivity index (χ0) is 15.6. The predicted molar refractivity (Wildman–Crippen MR) is 88.5 cm³/mol. The van der Waals surface area contributed by atoms with Crippen LogP contribution in [0.4, 0.5) is 11.5 Å². The summed E-state index contributed by atoms with van der Waals surface area (Å²) in [5.41, 5.74) is 1.10. The summed E-state index contributed by atoms with van der Waals surface area (Å²) in [5, 5.41) is 3.26. The van der Waals surface area contributed by atoms with Crippen LogP contribution in [-0.2, 0) is 10.0 Å². The normalized spacial score (nSPS) is 11.2. The average molecular weight is 391 g/mol. The molecule has 21 heavy (non-hydrogen) atoms. The molecule has 2 N–H and O–H groups in total. The van der Waals surface area contributed by atoms with Crippen LogP contribution in [0, 0.1) is 6.92 Å². The number of anilines is 2. The summed E-state index contributed by atoms with van der Waals surface area (Å²) in [6.45, 7) is 1.75. The van der Waals surface area contributed by atoms with Crippen molar-refractivity contribution >= 4 is 49.1 Å². The van der Waals surface area contributed by atoms with Crippen molar-refractivity contribution in [2.45, 2.75) is 11.8 Å². The molecule has 0 aliphatic carbocycles. The molecular formula is C13H13BrClN3O2S. The van der Waals surface area contributed by atoms with Gasteiger partial charge in [-0.25, -0.2) is 13.4 Å². The van der Waals surface area contributed by atoms with E-state index in [4.69, 9.17) is 11.6 Å². The van der Waals surface area contributed by atoms with Crippen LogP contribution in [0.25, 0.3) is 0 Å². The number of sulfonamides is 1. The van der Waals surface area contributed by atoms with Crippen molar-refractivity contribution < 1.29 is 8.42 Å². The maximum atomic E-state index is 12.5. The molecule has 8 heteroatoms. The fourth-order valence-electron chi connectivity index (χ4n) is 1.73. The molecule has 0 fully saturated rings. The standard InChI is InChI=1S/C13H13BrClN3O2S/c1-8-10(15)4-3-5-11(8)18-21(19,20)12-6-9(14)7-17-13(12)16-2/h3-7,18H,1-2H3,(H,16,17). The van der Waals surface area contributed by atoms with E-state index in [2.05, 4.69) is 31.0 Å². The Kier molecular flexibility index (Phi) is 4.75. The van der Waals surface area contributed by atoms with Gasteiger partial charge in [0.2, 0.25) is 0 Å². The first-order chi connectivity index (χ1) is 9.85. The molecule has 0 aliphatic heterocycles. The van der Waals surface area contributed by atoms with Crippen LogP contribution in [0.1, 0.15) is 5.56 Å².